The lowest BCUT2D eigenvalue weighted by atomic mass is 10.2. The number of anilines is 1. The van der Waals surface area contributed by atoms with E-state index in [1.165, 1.54) is 41.1 Å². The van der Waals surface area contributed by atoms with Gasteiger partial charge >= 0.3 is 0 Å². The summed E-state index contributed by atoms with van der Waals surface area (Å²) >= 11 is 0. The van der Waals surface area contributed by atoms with Gasteiger partial charge in [-0.25, -0.2) is 9.07 Å². The molecule has 0 bridgehead atoms. The average Bonchev–Trinajstić information content (AvgIpc) is 2.75. The van der Waals surface area contributed by atoms with Gasteiger partial charge in [0.05, 0.1) is 6.54 Å². The molecule has 0 radical (unpaired) electrons. The molecule has 0 spiro atoms. The first-order valence-corrected chi connectivity index (χ1v) is 10.1. The zero-order chi connectivity index (χ0) is 21.5. The summed E-state index contributed by atoms with van der Waals surface area (Å²) in [4.78, 5) is 40.5. The fraction of sp³-hybridized carbons (Fsp3) is 0.429. The number of unbranched alkanes of at least 4 members (excludes halogenated alkanes) is 1. The third-order valence-corrected chi connectivity index (χ3v) is 4.96. The van der Waals surface area contributed by atoms with Crippen LogP contribution in [0.1, 0.15) is 30.3 Å². The van der Waals surface area contributed by atoms with Crippen LogP contribution in [-0.2, 0) is 11.3 Å². The van der Waals surface area contributed by atoms with Gasteiger partial charge in [0.25, 0.3) is 11.5 Å². The molecule has 1 fully saturated rings. The molecule has 1 aliphatic heterocycles. The summed E-state index contributed by atoms with van der Waals surface area (Å²) in [5, 5.41) is 6.95. The van der Waals surface area contributed by atoms with Crippen molar-refractivity contribution in [3.8, 4) is 0 Å². The maximum atomic E-state index is 12.9. The number of aromatic nitrogens is 2. The molecule has 8 nitrogen and oxygen atoms in total. The number of carbonyl (C=O) groups is 2. The minimum absolute atomic E-state index is 0.189. The van der Waals surface area contributed by atoms with Crippen LogP contribution in [0.5, 0.6) is 0 Å². The molecule has 1 saturated heterocycles. The van der Waals surface area contributed by atoms with Crippen molar-refractivity contribution in [2.75, 3.05) is 38.0 Å². The van der Waals surface area contributed by atoms with Crippen LogP contribution in [0.25, 0.3) is 0 Å². The van der Waals surface area contributed by atoms with Gasteiger partial charge in [-0.2, -0.15) is 5.10 Å². The number of amides is 2. The van der Waals surface area contributed by atoms with Crippen LogP contribution >= 0.6 is 0 Å². The van der Waals surface area contributed by atoms with Crippen LogP contribution in [0.15, 0.2) is 41.2 Å². The zero-order valence-corrected chi connectivity index (χ0v) is 17.0. The Morgan fingerprint density at radius 1 is 1.07 bits per heavy atom. The van der Waals surface area contributed by atoms with E-state index in [9.17, 15) is 18.8 Å². The summed E-state index contributed by atoms with van der Waals surface area (Å²) in [7, 11) is 0. The summed E-state index contributed by atoms with van der Waals surface area (Å²) in [6, 6.07) is 8.45. The van der Waals surface area contributed by atoms with Gasteiger partial charge in [-0.15, -0.1) is 0 Å². The van der Waals surface area contributed by atoms with Crippen molar-refractivity contribution >= 4 is 17.5 Å². The smallest absolute Gasteiger partial charge is 0.274 e. The van der Waals surface area contributed by atoms with Gasteiger partial charge in [-0.05, 0) is 36.8 Å². The van der Waals surface area contributed by atoms with E-state index in [0.717, 1.165) is 12.8 Å². The van der Waals surface area contributed by atoms with E-state index in [2.05, 4.69) is 10.4 Å². The summed E-state index contributed by atoms with van der Waals surface area (Å²) < 4.78 is 14.3. The number of hydrogen-bond donors (Lipinski definition) is 1. The minimum atomic E-state index is -0.357. The highest BCUT2D eigenvalue weighted by Gasteiger charge is 2.24. The monoisotopic (exact) mass is 415 g/mol. The van der Waals surface area contributed by atoms with E-state index in [-0.39, 0.29) is 35.4 Å². The Hall–Kier alpha value is -3.07. The number of halogens is 1. The van der Waals surface area contributed by atoms with E-state index in [4.69, 9.17) is 0 Å². The standard InChI is InChI=1S/C21H26FN5O3/c1-2-3-10-27-20(29)9-8-18(24-27)21(30)26-13-11-25(12-14-26)15-19(28)23-17-6-4-16(22)5-7-17/h4-9H,2-3,10-15H2,1H3,(H,23,28). The predicted molar refractivity (Wildman–Crippen MR) is 111 cm³/mol. The largest absolute Gasteiger partial charge is 0.335 e. The molecule has 1 N–H and O–H groups in total. The van der Waals surface area contributed by atoms with E-state index < -0.39 is 0 Å². The molecule has 1 aliphatic rings. The molecule has 1 aromatic carbocycles. The fourth-order valence-electron chi connectivity index (χ4n) is 3.24. The summed E-state index contributed by atoms with van der Waals surface area (Å²) in [6.45, 7) is 4.76. The molecule has 0 atom stereocenters. The highest BCUT2D eigenvalue weighted by molar-refractivity contribution is 5.93. The van der Waals surface area contributed by atoms with Crippen molar-refractivity contribution in [3.63, 3.8) is 0 Å². The summed E-state index contributed by atoms with van der Waals surface area (Å²) in [6.07, 6.45) is 1.76. The van der Waals surface area contributed by atoms with Crippen molar-refractivity contribution in [1.82, 2.24) is 19.6 Å². The normalized spacial score (nSPS) is 14.5. The second-order valence-electron chi connectivity index (χ2n) is 7.26. The third kappa shape index (κ3) is 5.73. The Morgan fingerprint density at radius 2 is 1.77 bits per heavy atom. The maximum absolute atomic E-state index is 12.9. The van der Waals surface area contributed by atoms with E-state index in [1.807, 2.05) is 11.8 Å². The molecule has 0 aliphatic carbocycles. The van der Waals surface area contributed by atoms with E-state index in [1.54, 1.807) is 4.90 Å². The van der Waals surface area contributed by atoms with Crippen LogP contribution in [0.3, 0.4) is 0 Å². The quantitative estimate of drug-likeness (QED) is 0.742. The molecular formula is C21H26FN5O3. The number of carbonyl (C=O) groups excluding carboxylic acids is 2. The molecule has 160 valence electrons. The van der Waals surface area contributed by atoms with Crippen LogP contribution in [0.4, 0.5) is 10.1 Å². The van der Waals surface area contributed by atoms with Gasteiger partial charge < -0.3 is 10.2 Å². The van der Waals surface area contributed by atoms with Crippen molar-refractivity contribution in [3.05, 3.63) is 58.3 Å². The number of benzene rings is 1. The van der Waals surface area contributed by atoms with Gasteiger partial charge in [0.1, 0.15) is 11.5 Å². The topological polar surface area (TPSA) is 87.5 Å². The van der Waals surface area contributed by atoms with Crippen molar-refractivity contribution < 1.29 is 14.0 Å². The summed E-state index contributed by atoms with van der Waals surface area (Å²) in [5.41, 5.74) is 0.588. The van der Waals surface area contributed by atoms with Crippen LogP contribution in [-0.4, -0.2) is 64.1 Å². The lowest BCUT2D eigenvalue weighted by Gasteiger charge is -2.34. The van der Waals surface area contributed by atoms with Crippen LogP contribution in [0.2, 0.25) is 0 Å². The van der Waals surface area contributed by atoms with Gasteiger partial charge in [0.15, 0.2) is 0 Å². The van der Waals surface area contributed by atoms with Gasteiger partial charge in [0, 0.05) is 44.5 Å². The Morgan fingerprint density at radius 3 is 2.43 bits per heavy atom. The Labute approximate surface area is 174 Å². The first-order chi connectivity index (χ1) is 14.5. The lowest BCUT2D eigenvalue weighted by molar-refractivity contribution is -0.117. The van der Waals surface area contributed by atoms with Gasteiger partial charge in [0.2, 0.25) is 5.91 Å². The second kappa shape index (κ2) is 10.1. The Kier molecular flexibility index (Phi) is 7.29. The van der Waals surface area contributed by atoms with Crippen molar-refractivity contribution in [2.45, 2.75) is 26.3 Å². The maximum Gasteiger partial charge on any atom is 0.274 e. The van der Waals surface area contributed by atoms with Crippen molar-refractivity contribution in [2.24, 2.45) is 0 Å². The minimum Gasteiger partial charge on any atom is -0.335 e. The Bertz CT molecular complexity index is 936. The molecule has 1 aromatic heterocycles. The SMILES string of the molecule is CCCCn1nc(C(=O)N2CCN(CC(=O)Nc3ccc(F)cc3)CC2)ccc1=O. The molecule has 2 aromatic rings. The van der Waals surface area contributed by atoms with Crippen molar-refractivity contribution in [1.29, 1.82) is 0 Å². The van der Waals surface area contributed by atoms with Crippen LogP contribution in [0, 0.1) is 5.82 Å². The predicted octanol–water partition coefficient (Wildman–Crippen LogP) is 1.58. The second-order valence-corrected chi connectivity index (χ2v) is 7.26. The highest BCUT2D eigenvalue weighted by Crippen LogP contribution is 2.10. The number of nitrogens with one attached hydrogen (secondary N) is 1. The van der Waals surface area contributed by atoms with Gasteiger partial charge in [-0.3, -0.25) is 19.3 Å². The number of aryl methyl sites for hydroxylation is 1. The first kappa shape index (κ1) is 21.6. The van der Waals surface area contributed by atoms with E-state index in [0.29, 0.717) is 38.4 Å². The third-order valence-electron chi connectivity index (χ3n) is 4.96. The van der Waals surface area contributed by atoms with Gasteiger partial charge in [-0.1, -0.05) is 13.3 Å². The molecule has 3 rings (SSSR count). The number of hydrogen-bond acceptors (Lipinski definition) is 5. The molecule has 9 heteroatoms. The fourth-order valence-corrected chi connectivity index (χ4v) is 3.24. The molecule has 30 heavy (non-hydrogen) atoms. The first-order valence-electron chi connectivity index (χ1n) is 10.1. The molecule has 0 saturated carbocycles. The van der Waals surface area contributed by atoms with Crippen LogP contribution < -0.4 is 10.9 Å². The highest BCUT2D eigenvalue weighted by atomic mass is 19.1. The zero-order valence-electron chi connectivity index (χ0n) is 17.0. The molecule has 2 heterocycles. The number of rotatable bonds is 7. The average molecular weight is 415 g/mol. The number of nitrogens with zero attached hydrogens (tertiary/aromatic N) is 4. The lowest BCUT2D eigenvalue weighted by Crippen LogP contribution is -2.50. The van der Waals surface area contributed by atoms with E-state index >= 15 is 0 Å². The summed E-state index contributed by atoms with van der Waals surface area (Å²) in [5.74, 6) is -0.759. The molecule has 0 unspecified atom stereocenters. The molecule has 2 amide bonds. The Balaban J connectivity index is 1.51. The number of piperazine rings is 1. The molecular weight excluding hydrogens is 389 g/mol.